The van der Waals surface area contributed by atoms with Gasteiger partial charge in [0.05, 0.1) is 10.4 Å². The minimum atomic E-state index is -0.954. The first kappa shape index (κ1) is 14.3. The van der Waals surface area contributed by atoms with Crippen LogP contribution in [0.15, 0.2) is 30.3 Å². The van der Waals surface area contributed by atoms with Gasteiger partial charge in [-0.1, -0.05) is 12.1 Å². The Morgan fingerprint density at radius 1 is 1.20 bits per heavy atom. The van der Waals surface area contributed by atoms with Crippen LogP contribution in [-0.4, -0.2) is 17.0 Å². The van der Waals surface area contributed by atoms with Crippen LogP contribution >= 0.6 is 11.3 Å². The van der Waals surface area contributed by atoms with Gasteiger partial charge in [-0.2, -0.15) is 0 Å². The van der Waals surface area contributed by atoms with Crippen molar-refractivity contribution >= 4 is 23.2 Å². The van der Waals surface area contributed by atoms with Gasteiger partial charge in [-0.25, -0.2) is 4.79 Å². The Balaban J connectivity index is 1.98. The molecule has 104 valence electrons. The van der Waals surface area contributed by atoms with Crippen molar-refractivity contribution in [1.82, 2.24) is 5.32 Å². The number of nitrogens with one attached hydrogen (secondary N) is 1. The molecule has 0 aliphatic rings. The molecule has 1 aromatic heterocycles. The summed E-state index contributed by atoms with van der Waals surface area (Å²) in [7, 11) is 0. The number of carboxylic acid groups (broad SMARTS) is 1. The number of aryl methyl sites for hydroxylation is 2. The maximum absolute atomic E-state index is 12.0. The predicted octanol–water partition coefficient (Wildman–Crippen LogP) is 2.99. The number of carbonyl (C=O) groups excluding carboxylic acids is 1. The zero-order chi connectivity index (χ0) is 14.7. The third kappa shape index (κ3) is 3.24. The van der Waals surface area contributed by atoms with Crippen LogP contribution in [0.5, 0.6) is 0 Å². The summed E-state index contributed by atoms with van der Waals surface area (Å²) in [4.78, 5) is 24.5. The Morgan fingerprint density at radius 3 is 2.35 bits per heavy atom. The highest BCUT2D eigenvalue weighted by Crippen LogP contribution is 2.20. The average molecular weight is 289 g/mol. The lowest BCUT2D eigenvalue weighted by Gasteiger charge is -2.04. The van der Waals surface area contributed by atoms with Gasteiger partial charge in [-0.05, 0) is 43.2 Å². The van der Waals surface area contributed by atoms with Crippen molar-refractivity contribution in [3.63, 3.8) is 0 Å². The lowest BCUT2D eigenvalue weighted by Crippen LogP contribution is -2.21. The molecule has 1 aromatic carbocycles. The summed E-state index contributed by atoms with van der Waals surface area (Å²) in [5, 5.41) is 11.6. The number of hydrogen-bond acceptors (Lipinski definition) is 3. The van der Waals surface area contributed by atoms with Gasteiger partial charge >= 0.3 is 5.97 Å². The van der Waals surface area contributed by atoms with Crippen molar-refractivity contribution in [2.45, 2.75) is 20.4 Å². The zero-order valence-corrected chi connectivity index (χ0v) is 12.1. The van der Waals surface area contributed by atoms with Crippen LogP contribution in [0.3, 0.4) is 0 Å². The molecule has 20 heavy (non-hydrogen) atoms. The van der Waals surface area contributed by atoms with E-state index in [4.69, 9.17) is 5.11 Å². The summed E-state index contributed by atoms with van der Waals surface area (Å²) in [6.45, 7) is 4.35. The first-order chi connectivity index (χ1) is 9.47. The number of carboxylic acids is 1. The van der Waals surface area contributed by atoms with E-state index in [2.05, 4.69) is 5.32 Å². The van der Waals surface area contributed by atoms with Gasteiger partial charge in [0.25, 0.3) is 5.91 Å². The highest BCUT2D eigenvalue weighted by molar-refractivity contribution is 7.14. The van der Waals surface area contributed by atoms with Crippen LogP contribution in [-0.2, 0) is 6.54 Å². The van der Waals surface area contributed by atoms with Gasteiger partial charge < -0.3 is 10.4 Å². The van der Waals surface area contributed by atoms with E-state index >= 15 is 0 Å². The van der Waals surface area contributed by atoms with Crippen molar-refractivity contribution in [2.24, 2.45) is 0 Å². The molecule has 0 bridgehead atoms. The van der Waals surface area contributed by atoms with E-state index in [1.54, 1.807) is 12.1 Å². The quantitative estimate of drug-likeness (QED) is 0.909. The minimum Gasteiger partial charge on any atom is -0.478 e. The van der Waals surface area contributed by atoms with Crippen molar-refractivity contribution in [2.75, 3.05) is 0 Å². The monoisotopic (exact) mass is 289 g/mol. The number of carbonyl (C=O) groups is 2. The normalized spacial score (nSPS) is 10.3. The number of benzene rings is 1. The zero-order valence-electron chi connectivity index (χ0n) is 11.3. The fraction of sp³-hybridized carbons (Fsp3) is 0.200. The highest BCUT2D eigenvalue weighted by atomic mass is 32.1. The molecular weight excluding hydrogens is 274 g/mol. The van der Waals surface area contributed by atoms with Crippen LogP contribution in [0.1, 0.15) is 36.0 Å². The fourth-order valence-electron chi connectivity index (χ4n) is 1.72. The van der Waals surface area contributed by atoms with Crippen molar-refractivity contribution in [3.8, 4) is 0 Å². The van der Waals surface area contributed by atoms with Gasteiger partial charge in [-0.3, -0.25) is 4.79 Å². The fourth-order valence-corrected chi connectivity index (χ4v) is 2.67. The van der Waals surface area contributed by atoms with Gasteiger partial charge in [0.1, 0.15) is 0 Å². The topological polar surface area (TPSA) is 66.4 Å². The largest absolute Gasteiger partial charge is 0.478 e. The maximum atomic E-state index is 12.0. The van der Waals surface area contributed by atoms with E-state index in [1.807, 2.05) is 19.9 Å². The van der Waals surface area contributed by atoms with E-state index < -0.39 is 5.97 Å². The van der Waals surface area contributed by atoms with Gasteiger partial charge in [-0.15, -0.1) is 11.3 Å². The Morgan fingerprint density at radius 2 is 1.85 bits per heavy atom. The average Bonchev–Trinajstić information content (AvgIpc) is 2.76. The summed E-state index contributed by atoms with van der Waals surface area (Å²) in [6.07, 6.45) is 0. The molecule has 0 radical (unpaired) electrons. The number of rotatable bonds is 4. The van der Waals surface area contributed by atoms with E-state index in [-0.39, 0.29) is 11.5 Å². The predicted molar refractivity (Wildman–Crippen MR) is 78.4 cm³/mol. The molecule has 0 saturated carbocycles. The number of aromatic carboxylic acids is 1. The second-order valence-electron chi connectivity index (χ2n) is 4.53. The summed E-state index contributed by atoms with van der Waals surface area (Å²) >= 11 is 1.47. The molecule has 1 heterocycles. The Bertz CT molecular complexity index is 624. The van der Waals surface area contributed by atoms with Crippen molar-refractivity contribution < 1.29 is 14.7 Å². The molecule has 0 unspecified atom stereocenters. The second kappa shape index (κ2) is 5.88. The third-order valence-electron chi connectivity index (χ3n) is 3.04. The lowest BCUT2D eigenvalue weighted by atomic mass is 10.1. The molecule has 2 aromatic rings. The summed E-state index contributed by atoms with van der Waals surface area (Å²) in [5.74, 6) is -1.06. The molecule has 0 aliphatic carbocycles. The number of thiophene rings is 1. The Labute approximate surface area is 121 Å². The summed E-state index contributed by atoms with van der Waals surface area (Å²) in [5.41, 5.74) is 2.23. The molecule has 0 fully saturated rings. The van der Waals surface area contributed by atoms with Crippen molar-refractivity contribution in [1.29, 1.82) is 0 Å². The molecule has 2 N–H and O–H groups in total. The molecule has 2 rings (SSSR count). The number of amides is 1. The molecule has 4 nitrogen and oxygen atoms in total. The van der Waals surface area contributed by atoms with E-state index in [0.29, 0.717) is 11.4 Å². The molecule has 0 spiro atoms. The Kier molecular flexibility index (Phi) is 4.20. The van der Waals surface area contributed by atoms with E-state index in [0.717, 1.165) is 16.0 Å². The first-order valence-electron chi connectivity index (χ1n) is 6.15. The molecule has 1 amide bonds. The van der Waals surface area contributed by atoms with Crippen LogP contribution in [0.2, 0.25) is 0 Å². The minimum absolute atomic E-state index is 0.103. The van der Waals surface area contributed by atoms with Crippen LogP contribution < -0.4 is 5.32 Å². The molecule has 5 heteroatoms. The highest BCUT2D eigenvalue weighted by Gasteiger charge is 2.10. The van der Waals surface area contributed by atoms with Crippen LogP contribution in [0.25, 0.3) is 0 Å². The SMILES string of the molecule is Cc1cc(C(=O)NCc2ccc(C(=O)O)cc2)sc1C. The summed E-state index contributed by atoms with van der Waals surface area (Å²) < 4.78 is 0. The maximum Gasteiger partial charge on any atom is 0.335 e. The molecule has 0 atom stereocenters. The molecule has 0 saturated heterocycles. The summed E-state index contributed by atoms with van der Waals surface area (Å²) in [6, 6.07) is 8.35. The first-order valence-corrected chi connectivity index (χ1v) is 6.96. The van der Waals surface area contributed by atoms with E-state index in [1.165, 1.54) is 23.5 Å². The van der Waals surface area contributed by atoms with Gasteiger partial charge in [0, 0.05) is 11.4 Å². The number of hydrogen-bond donors (Lipinski definition) is 2. The van der Waals surface area contributed by atoms with Crippen molar-refractivity contribution in [3.05, 3.63) is 56.8 Å². The van der Waals surface area contributed by atoms with Crippen LogP contribution in [0, 0.1) is 13.8 Å². The Hall–Kier alpha value is -2.14. The lowest BCUT2D eigenvalue weighted by molar-refractivity contribution is 0.0696. The second-order valence-corrected chi connectivity index (χ2v) is 5.79. The smallest absolute Gasteiger partial charge is 0.335 e. The molecular formula is C15H15NO3S. The van der Waals surface area contributed by atoms with Gasteiger partial charge in [0.2, 0.25) is 0 Å². The third-order valence-corrected chi connectivity index (χ3v) is 4.20. The van der Waals surface area contributed by atoms with Crippen LogP contribution in [0.4, 0.5) is 0 Å². The van der Waals surface area contributed by atoms with E-state index in [9.17, 15) is 9.59 Å². The molecule has 0 aliphatic heterocycles. The van der Waals surface area contributed by atoms with Gasteiger partial charge in [0.15, 0.2) is 0 Å². The standard InChI is InChI=1S/C15H15NO3S/c1-9-7-13(20-10(9)2)14(17)16-8-11-3-5-12(6-4-11)15(18)19/h3-7H,8H2,1-2H3,(H,16,17)(H,18,19).